The minimum absolute atomic E-state index is 0.0371. The Balaban J connectivity index is 1.82. The van der Waals surface area contributed by atoms with E-state index in [1.165, 1.54) is 23.1 Å². The first kappa shape index (κ1) is 16.9. The third-order valence-electron chi connectivity index (χ3n) is 4.77. The number of benzene rings is 1. The number of halogens is 1. The summed E-state index contributed by atoms with van der Waals surface area (Å²) in [5.41, 5.74) is 0.917. The number of hydrogen-bond acceptors (Lipinski definition) is 4. The van der Waals surface area contributed by atoms with Gasteiger partial charge in [-0.15, -0.1) is 0 Å². The Labute approximate surface area is 139 Å². The molecule has 6 nitrogen and oxygen atoms in total. The average molecular weight is 354 g/mol. The second kappa shape index (κ2) is 6.16. The molecule has 2 aliphatic rings. The second-order valence-corrected chi connectivity index (χ2v) is 8.67. The van der Waals surface area contributed by atoms with Crippen molar-refractivity contribution in [2.75, 3.05) is 23.9 Å². The van der Waals surface area contributed by atoms with E-state index in [9.17, 15) is 22.4 Å². The summed E-state index contributed by atoms with van der Waals surface area (Å²) in [6.45, 7) is 0. The third-order valence-corrected chi connectivity index (χ3v) is 6.49. The molecule has 0 aliphatic carbocycles. The smallest absolute Gasteiger partial charge is 0.230 e. The van der Waals surface area contributed by atoms with Gasteiger partial charge in [0.2, 0.25) is 11.8 Å². The molecular formula is C16H19FN2O4S. The molecular weight excluding hydrogens is 335 g/mol. The zero-order valence-electron chi connectivity index (χ0n) is 13.3. The minimum atomic E-state index is -3.01. The van der Waals surface area contributed by atoms with E-state index in [4.69, 9.17) is 0 Å². The predicted molar refractivity (Wildman–Crippen MR) is 86.8 cm³/mol. The molecule has 0 bridgehead atoms. The number of fused-ring (bicyclic) bond motifs is 1. The average Bonchev–Trinajstić information content (AvgIpc) is 2.53. The van der Waals surface area contributed by atoms with Crippen LogP contribution in [0, 0.1) is 5.82 Å². The summed E-state index contributed by atoms with van der Waals surface area (Å²) in [7, 11) is -1.39. The maximum atomic E-state index is 13.6. The summed E-state index contributed by atoms with van der Waals surface area (Å²) in [5, 5.41) is 2.65. The van der Waals surface area contributed by atoms with Crippen LogP contribution in [0.25, 0.3) is 0 Å². The molecule has 0 radical (unpaired) electrons. The van der Waals surface area contributed by atoms with Gasteiger partial charge in [0.05, 0.1) is 17.4 Å². The first-order chi connectivity index (χ1) is 11.3. The molecule has 1 N–H and O–H groups in total. The van der Waals surface area contributed by atoms with Crippen molar-refractivity contribution in [1.29, 1.82) is 0 Å². The summed E-state index contributed by atoms with van der Waals surface area (Å²) >= 11 is 0. The van der Waals surface area contributed by atoms with E-state index in [0.717, 1.165) is 0 Å². The second-order valence-electron chi connectivity index (χ2n) is 6.37. The van der Waals surface area contributed by atoms with Crippen molar-refractivity contribution in [2.45, 2.75) is 31.2 Å². The van der Waals surface area contributed by atoms with Crippen LogP contribution < -0.4 is 5.32 Å². The maximum absolute atomic E-state index is 13.6. The van der Waals surface area contributed by atoms with Gasteiger partial charge < -0.3 is 10.2 Å². The van der Waals surface area contributed by atoms with Gasteiger partial charge in [0.1, 0.15) is 15.7 Å². The number of nitrogens with zero attached hydrogens (tertiary/aromatic N) is 1. The Morgan fingerprint density at radius 3 is 2.62 bits per heavy atom. The Kier molecular flexibility index (Phi) is 4.33. The van der Waals surface area contributed by atoms with Crippen LogP contribution in [0.5, 0.6) is 0 Å². The number of likely N-dealkylation sites (N-methyl/N-ethyl adjacent to an activating group) is 1. The van der Waals surface area contributed by atoms with Crippen LogP contribution in [0.1, 0.15) is 30.7 Å². The lowest BCUT2D eigenvalue weighted by Gasteiger charge is -2.35. The number of anilines is 1. The monoisotopic (exact) mass is 354 g/mol. The molecule has 1 aromatic rings. The molecule has 130 valence electrons. The number of carbonyl (C=O) groups excluding carboxylic acids is 2. The Morgan fingerprint density at radius 2 is 1.96 bits per heavy atom. The minimum Gasteiger partial charge on any atom is -0.342 e. The lowest BCUT2D eigenvalue weighted by atomic mass is 9.88. The van der Waals surface area contributed by atoms with Gasteiger partial charge in [-0.2, -0.15) is 0 Å². The molecule has 0 spiro atoms. The van der Waals surface area contributed by atoms with Crippen molar-refractivity contribution < 1.29 is 22.4 Å². The number of sulfone groups is 1. The molecule has 3 rings (SSSR count). The molecule has 24 heavy (non-hydrogen) atoms. The van der Waals surface area contributed by atoms with Crippen molar-refractivity contribution in [2.24, 2.45) is 0 Å². The van der Waals surface area contributed by atoms with Crippen molar-refractivity contribution in [3.05, 3.63) is 29.6 Å². The van der Waals surface area contributed by atoms with Crippen molar-refractivity contribution in [3.63, 3.8) is 0 Å². The Bertz CT molecular complexity index is 779. The van der Waals surface area contributed by atoms with Crippen molar-refractivity contribution in [1.82, 2.24) is 4.90 Å². The summed E-state index contributed by atoms with van der Waals surface area (Å²) in [6, 6.07) is 3.79. The zero-order chi connectivity index (χ0) is 17.5. The fraction of sp³-hybridized carbons (Fsp3) is 0.500. The SMILES string of the molecule is CN(C(=O)C1CC(=O)Nc2ccc(F)cc21)C1CCS(=O)(=O)CC1. The van der Waals surface area contributed by atoms with E-state index < -0.39 is 21.6 Å². The summed E-state index contributed by atoms with van der Waals surface area (Å²) in [6.07, 6.45) is 0.740. The van der Waals surface area contributed by atoms with Crippen LogP contribution >= 0.6 is 0 Å². The van der Waals surface area contributed by atoms with Crippen LogP contribution in [0.15, 0.2) is 18.2 Å². The molecule has 1 aromatic carbocycles. The molecule has 1 unspecified atom stereocenters. The van der Waals surface area contributed by atoms with E-state index in [-0.39, 0.29) is 35.8 Å². The molecule has 8 heteroatoms. The predicted octanol–water partition coefficient (Wildman–Crippen LogP) is 1.29. The molecule has 0 saturated carbocycles. The highest BCUT2D eigenvalue weighted by atomic mass is 32.2. The van der Waals surface area contributed by atoms with Crippen molar-refractivity contribution in [3.8, 4) is 0 Å². The molecule has 2 amide bonds. The van der Waals surface area contributed by atoms with Crippen molar-refractivity contribution >= 4 is 27.3 Å². The van der Waals surface area contributed by atoms with Gasteiger partial charge >= 0.3 is 0 Å². The lowest BCUT2D eigenvalue weighted by molar-refractivity contribution is -0.135. The maximum Gasteiger partial charge on any atom is 0.230 e. The van der Waals surface area contributed by atoms with E-state index >= 15 is 0 Å². The highest BCUT2D eigenvalue weighted by Gasteiger charge is 2.36. The Hall–Kier alpha value is -1.96. The van der Waals surface area contributed by atoms with E-state index in [0.29, 0.717) is 24.1 Å². The number of carbonyl (C=O) groups is 2. The molecule has 1 atom stereocenters. The highest BCUT2D eigenvalue weighted by molar-refractivity contribution is 7.91. The first-order valence-electron chi connectivity index (χ1n) is 7.83. The molecule has 1 saturated heterocycles. The number of nitrogens with one attached hydrogen (secondary N) is 1. The lowest BCUT2D eigenvalue weighted by Crippen LogP contribution is -2.45. The van der Waals surface area contributed by atoms with Gasteiger partial charge in [-0.3, -0.25) is 9.59 Å². The fourth-order valence-electron chi connectivity index (χ4n) is 3.34. The van der Waals surface area contributed by atoms with Crippen LogP contribution in [0.4, 0.5) is 10.1 Å². The van der Waals surface area contributed by atoms with Gasteiger partial charge in [0.25, 0.3) is 0 Å². The molecule has 0 aromatic heterocycles. The number of rotatable bonds is 2. The van der Waals surface area contributed by atoms with E-state index in [1.54, 1.807) is 7.05 Å². The van der Waals surface area contributed by atoms with E-state index in [1.807, 2.05) is 0 Å². The van der Waals surface area contributed by atoms with Crippen LogP contribution in [-0.2, 0) is 19.4 Å². The van der Waals surface area contributed by atoms with Gasteiger partial charge in [0, 0.05) is 25.2 Å². The number of amides is 2. The van der Waals surface area contributed by atoms with Crippen LogP contribution in [0.2, 0.25) is 0 Å². The van der Waals surface area contributed by atoms with Gasteiger partial charge in [-0.05, 0) is 36.6 Å². The van der Waals surface area contributed by atoms with Gasteiger partial charge in [0.15, 0.2) is 0 Å². The van der Waals surface area contributed by atoms with E-state index in [2.05, 4.69) is 5.32 Å². The van der Waals surface area contributed by atoms with Crippen LogP contribution in [-0.4, -0.2) is 49.7 Å². The topological polar surface area (TPSA) is 83.6 Å². The molecule has 2 heterocycles. The summed E-state index contributed by atoms with van der Waals surface area (Å²) < 4.78 is 36.6. The third kappa shape index (κ3) is 3.28. The van der Waals surface area contributed by atoms with Gasteiger partial charge in [-0.25, -0.2) is 12.8 Å². The zero-order valence-corrected chi connectivity index (χ0v) is 14.1. The van der Waals surface area contributed by atoms with Gasteiger partial charge in [-0.1, -0.05) is 0 Å². The Morgan fingerprint density at radius 1 is 1.29 bits per heavy atom. The quantitative estimate of drug-likeness (QED) is 0.867. The molecule has 1 fully saturated rings. The normalized spacial score (nSPS) is 23.2. The van der Waals surface area contributed by atoms with Crippen LogP contribution in [0.3, 0.4) is 0 Å². The standard InChI is InChI=1S/C16H19FN2O4S/c1-19(11-4-6-24(22,23)7-5-11)16(21)13-9-15(20)18-14-3-2-10(17)8-12(13)14/h2-3,8,11,13H,4-7,9H2,1H3,(H,18,20). The summed E-state index contributed by atoms with van der Waals surface area (Å²) in [4.78, 5) is 26.2. The number of hydrogen-bond donors (Lipinski definition) is 1. The summed E-state index contributed by atoms with van der Waals surface area (Å²) in [5.74, 6) is -1.65. The first-order valence-corrected chi connectivity index (χ1v) is 9.65. The largest absolute Gasteiger partial charge is 0.342 e. The molecule has 2 aliphatic heterocycles. The highest BCUT2D eigenvalue weighted by Crippen LogP contribution is 2.34. The fourth-order valence-corrected chi connectivity index (χ4v) is 4.81.